The number of pyridine rings is 1. The fraction of sp³-hybridized carbons (Fsp3) is 0.400. The zero-order chi connectivity index (χ0) is 17.2. The average Bonchev–Trinajstić information content (AvgIpc) is 3.22. The number of carbonyl (C=O) groups is 1. The maximum Gasteiger partial charge on any atom is 0.418 e. The van der Waals surface area contributed by atoms with Crippen LogP contribution in [0.15, 0.2) is 24.7 Å². The van der Waals surface area contributed by atoms with E-state index in [0.717, 1.165) is 43.0 Å². The van der Waals surface area contributed by atoms with Gasteiger partial charge in [-0.2, -0.15) is 18.3 Å². The van der Waals surface area contributed by atoms with Gasteiger partial charge in [0.15, 0.2) is 0 Å². The van der Waals surface area contributed by atoms with Gasteiger partial charge in [0.25, 0.3) is 5.91 Å². The molecule has 9 heteroatoms. The third-order valence-corrected chi connectivity index (χ3v) is 4.03. The number of rotatable bonds is 4. The van der Waals surface area contributed by atoms with E-state index in [-0.39, 0.29) is 12.5 Å². The highest BCUT2D eigenvalue weighted by Crippen LogP contribution is 2.31. The summed E-state index contributed by atoms with van der Waals surface area (Å²) in [6, 6.07) is 1.06. The molecule has 1 amide bonds. The summed E-state index contributed by atoms with van der Waals surface area (Å²) in [5.41, 5.74) is 0.200. The van der Waals surface area contributed by atoms with E-state index in [1.165, 1.54) is 0 Å². The molecule has 0 saturated carbocycles. The molecular formula is C15H16F3N5O. The lowest BCUT2D eigenvalue weighted by atomic mass is 10.0. The fourth-order valence-corrected chi connectivity index (χ4v) is 2.81. The van der Waals surface area contributed by atoms with Crippen molar-refractivity contribution in [3.63, 3.8) is 0 Å². The minimum Gasteiger partial charge on any atom is -0.348 e. The second-order valence-corrected chi connectivity index (χ2v) is 5.60. The highest BCUT2D eigenvalue weighted by molar-refractivity contribution is 5.95. The number of alkyl halides is 3. The number of aromatic amines is 1. The zero-order valence-corrected chi connectivity index (χ0v) is 12.7. The van der Waals surface area contributed by atoms with Gasteiger partial charge in [0.2, 0.25) is 0 Å². The minimum atomic E-state index is -4.63. The molecule has 6 nitrogen and oxygen atoms in total. The largest absolute Gasteiger partial charge is 0.418 e. The van der Waals surface area contributed by atoms with E-state index in [1.54, 1.807) is 6.20 Å². The van der Waals surface area contributed by atoms with Crippen LogP contribution in [0.2, 0.25) is 0 Å². The maximum absolute atomic E-state index is 12.9. The van der Waals surface area contributed by atoms with Gasteiger partial charge in [0, 0.05) is 42.7 Å². The molecule has 3 heterocycles. The van der Waals surface area contributed by atoms with E-state index in [1.807, 2.05) is 0 Å². The van der Waals surface area contributed by atoms with Crippen LogP contribution in [0.5, 0.6) is 0 Å². The number of amides is 1. The number of carbonyl (C=O) groups excluding carboxylic acids is 1. The van der Waals surface area contributed by atoms with Gasteiger partial charge in [-0.3, -0.25) is 14.9 Å². The summed E-state index contributed by atoms with van der Waals surface area (Å²) >= 11 is 0. The van der Waals surface area contributed by atoms with Crippen LogP contribution in [-0.2, 0) is 12.7 Å². The third kappa shape index (κ3) is 3.40. The molecule has 0 radical (unpaired) electrons. The molecule has 0 aliphatic carbocycles. The number of hydrogen-bond donors (Lipinski definition) is 3. The Morgan fingerprint density at radius 2 is 2.21 bits per heavy atom. The van der Waals surface area contributed by atoms with Gasteiger partial charge in [-0.25, -0.2) is 0 Å². The van der Waals surface area contributed by atoms with E-state index in [9.17, 15) is 18.0 Å². The normalized spacial score (nSPS) is 17.9. The quantitative estimate of drug-likeness (QED) is 0.794. The van der Waals surface area contributed by atoms with Gasteiger partial charge >= 0.3 is 6.18 Å². The van der Waals surface area contributed by atoms with Crippen LogP contribution >= 0.6 is 0 Å². The van der Waals surface area contributed by atoms with Crippen LogP contribution in [0.1, 0.15) is 39.5 Å². The summed E-state index contributed by atoms with van der Waals surface area (Å²) in [4.78, 5) is 15.6. The second-order valence-electron chi connectivity index (χ2n) is 5.60. The van der Waals surface area contributed by atoms with Gasteiger partial charge in [0.05, 0.1) is 17.3 Å². The van der Waals surface area contributed by atoms with Crippen LogP contribution in [0.25, 0.3) is 0 Å². The van der Waals surface area contributed by atoms with Crippen LogP contribution in [0, 0.1) is 0 Å². The van der Waals surface area contributed by atoms with Gasteiger partial charge in [-0.1, -0.05) is 0 Å². The number of nitrogens with one attached hydrogen (secondary N) is 3. The molecule has 1 atom stereocenters. The molecule has 1 fully saturated rings. The topological polar surface area (TPSA) is 82.7 Å². The number of H-pyrrole nitrogens is 1. The summed E-state index contributed by atoms with van der Waals surface area (Å²) in [5, 5.41) is 12.7. The first-order chi connectivity index (χ1) is 11.5. The standard InChI is InChI=1S/C15H16F3N5O/c16-15(17,18)12-8-20-4-2-11(12)14(24)21-6-10-7-22-23-13(10)9-1-3-19-5-9/h2,4,7-9,19H,1,3,5-6H2,(H,21,24)(H,22,23). The lowest BCUT2D eigenvalue weighted by Gasteiger charge is -2.13. The Morgan fingerprint density at radius 1 is 1.38 bits per heavy atom. The van der Waals surface area contributed by atoms with Crippen molar-refractivity contribution < 1.29 is 18.0 Å². The minimum absolute atomic E-state index is 0.112. The summed E-state index contributed by atoms with van der Waals surface area (Å²) in [6.07, 6.45) is -0.270. The Bertz CT molecular complexity index is 722. The summed E-state index contributed by atoms with van der Waals surface area (Å²) in [6.45, 7) is 1.83. The van der Waals surface area contributed by atoms with Crippen molar-refractivity contribution in [2.75, 3.05) is 13.1 Å². The third-order valence-electron chi connectivity index (χ3n) is 4.03. The lowest BCUT2D eigenvalue weighted by molar-refractivity contribution is -0.138. The highest BCUT2D eigenvalue weighted by Gasteiger charge is 2.35. The second kappa shape index (κ2) is 6.60. The molecule has 128 valence electrons. The van der Waals surface area contributed by atoms with Crippen molar-refractivity contribution in [3.8, 4) is 0 Å². The van der Waals surface area contributed by atoms with Gasteiger partial charge in [0.1, 0.15) is 0 Å². The molecule has 1 aliphatic rings. The van der Waals surface area contributed by atoms with Crippen molar-refractivity contribution in [2.45, 2.75) is 25.1 Å². The number of halogens is 3. The van der Waals surface area contributed by atoms with Crippen LogP contribution in [-0.4, -0.2) is 34.2 Å². The zero-order valence-electron chi connectivity index (χ0n) is 12.7. The first-order valence-corrected chi connectivity index (χ1v) is 7.49. The van der Waals surface area contributed by atoms with Crippen LogP contribution in [0.4, 0.5) is 13.2 Å². The molecule has 1 unspecified atom stereocenters. The molecule has 24 heavy (non-hydrogen) atoms. The van der Waals surface area contributed by atoms with Crippen LogP contribution < -0.4 is 10.6 Å². The van der Waals surface area contributed by atoms with E-state index >= 15 is 0 Å². The van der Waals surface area contributed by atoms with E-state index < -0.39 is 23.2 Å². The van der Waals surface area contributed by atoms with Crippen molar-refractivity contribution in [1.29, 1.82) is 0 Å². The van der Waals surface area contributed by atoms with E-state index in [4.69, 9.17) is 0 Å². The molecule has 1 saturated heterocycles. The first kappa shape index (κ1) is 16.4. The highest BCUT2D eigenvalue weighted by atomic mass is 19.4. The first-order valence-electron chi connectivity index (χ1n) is 7.49. The van der Waals surface area contributed by atoms with Gasteiger partial charge < -0.3 is 10.6 Å². The molecule has 3 N–H and O–H groups in total. The number of hydrogen-bond acceptors (Lipinski definition) is 4. The van der Waals surface area contributed by atoms with Gasteiger partial charge in [-0.05, 0) is 19.0 Å². The van der Waals surface area contributed by atoms with Crippen molar-refractivity contribution in [2.24, 2.45) is 0 Å². The smallest absolute Gasteiger partial charge is 0.348 e. The van der Waals surface area contributed by atoms with Crippen molar-refractivity contribution in [1.82, 2.24) is 25.8 Å². The number of aromatic nitrogens is 3. The van der Waals surface area contributed by atoms with Crippen molar-refractivity contribution in [3.05, 3.63) is 47.0 Å². The lowest BCUT2D eigenvalue weighted by Crippen LogP contribution is -2.26. The SMILES string of the molecule is O=C(NCc1cn[nH]c1C1CCNC1)c1ccncc1C(F)(F)F. The average molecular weight is 339 g/mol. The molecular weight excluding hydrogens is 323 g/mol. The molecule has 2 aromatic rings. The Kier molecular flexibility index (Phi) is 4.52. The molecule has 2 aromatic heterocycles. The van der Waals surface area contributed by atoms with Crippen LogP contribution in [0.3, 0.4) is 0 Å². The maximum atomic E-state index is 12.9. The molecule has 3 rings (SSSR count). The summed E-state index contributed by atoms with van der Waals surface area (Å²) in [7, 11) is 0. The Hall–Kier alpha value is -2.42. The summed E-state index contributed by atoms with van der Waals surface area (Å²) < 4.78 is 38.8. The fourth-order valence-electron chi connectivity index (χ4n) is 2.81. The van der Waals surface area contributed by atoms with E-state index in [0.29, 0.717) is 6.20 Å². The monoisotopic (exact) mass is 339 g/mol. The molecule has 0 spiro atoms. The predicted molar refractivity (Wildman–Crippen MR) is 79.2 cm³/mol. The van der Waals surface area contributed by atoms with E-state index in [2.05, 4.69) is 25.8 Å². The number of nitrogens with zero attached hydrogens (tertiary/aromatic N) is 2. The Morgan fingerprint density at radius 3 is 2.92 bits per heavy atom. The summed E-state index contributed by atoms with van der Waals surface area (Å²) in [5.74, 6) is -0.521. The molecule has 0 aromatic carbocycles. The van der Waals surface area contributed by atoms with Gasteiger partial charge in [-0.15, -0.1) is 0 Å². The Labute approximate surface area is 135 Å². The Balaban J connectivity index is 1.72. The predicted octanol–water partition coefficient (Wildman–Crippen LogP) is 1.83. The molecule has 0 bridgehead atoms. The van der Waals surface area contributed by atoms with Crippen molar-refractivity contribution >= 4 is 5.91 Å². The molecule has 1 aliphatic heterocycles.